The van der Waals surface area contributed by atoms with Crippen molar-refractivity contribution < 1.29 is 24.3 Å². The third kappa shape index (κ3) is 11.2. The highest BCUT2D eigenvalue weighted by Crippen LogP contribution is 2.24. The molecule has 0 unspecified atom stereocenters. The van der Waals surface area contributed by atoms with E-state index in [9.17, 15) is 24.3 Å². The SMILES string of the molecule is NCCCC(=O)N[C@@H](Cc1c[nH]c2ccc(O)cc12)C(=O)N[C@@H](Cc1ccc(Cl)cc1)C(=O)N[C@@H](Cc1ccncc1)C(=O)NCCc1cccc2ccccc12. The number of H-pyrrole nitrogens is 1. The highest BCUT2D eigenvalue weighted by atomic mass is 35.5. The molecule has 0 saturated heterocycles. The first kappa shape index (κ1) is 40.4. The van der Waals surface area contributed by atoms with Crippen molar-refractivity contribution in [2.75, 3.05) is 13.1 Å². The number of nitrogens with one attached hydrogen (secondary N) is 5. The van der Waals surface area contributed by atoms with Crippen LogP contribution >= 0.6 is 11.6 Å². The van der Waals surface area contributed by atoms with Crippen LogP contribution in [0.15, 0.2) is 116 Å². The van der Waals surface area contributed by atoms with Gasteiger partial charge in [0.15, 0.2) is 0 Å². The summed E-state index contributed by atoms with van der Waals surface area (Å²) in [5.41, 5.74) is 9.64. The first-order valence-electron chi connectivity index (χ1n) is 18.9. The van der Waals surface area contributed by atoms with Crippen molar-refractivity contribution in [1.29, 1.82) is 0 Å². The molecule has 0 spiro atoms. The number of nitrogens with two attached hydrogens (primary N) is 1. The van der Waals surface area contributed by atoms with Crippen molar-refractivity contribution in [3.63, 3.8) is 0 Å². The van der Waals surface area contributed by atoms with Crippen molar-refractivity contribution in [3.8, 4) is 5.75 Å². The van der Waals surface area contributed by atoms with E-state index in [1.807, 2.05) is 36.4 Å². The number of aromatic nitrogens is 2. The number of phenolic OH excluding ortho intramolecular Hbond substituents is 1. The number of hydrogen-bond donors (Lipinski definition) is 7. The average Bonchev–Trinajstić information content (AvgIpc) is 3.61. The van der Waals surface area contributed by atoms with E-state index in [0.29, 0.717) is 47.5 Å². The number of aromatic hydroxyl groups is 1. The maximum Gasteiger partial charge on any atom is 0.243 e. The zero-order chi connectivity index (χ0) is 40.1. The van der Waals surface area contributed by atoms with E-state index < -0.39 is 29.9 Å². The van der Waals surface area contributed by atoms with Crippen LogP contribution in [0, 0.1) is 0 Å². The molecule has 4 amide bonds. The lowest BCUT2D eigenvalue weighted by molar-refractivity contribution is -0.133. The molecule has 6 rings (SSSR count). The molecule has 294 valence electrons. The fourth-order valence-corrected chi connectivity index (χ4v) is 6.95. The second kappa shape index (κ2) is 19.6. The van der Waals surface area contributed by atoms with E-state index >= 15 is 0 Å². The number of pyridine rings is 1. The molecule has 0 saturated carbocycles. The second-order valence-corrected chi connectivity index (χ2v) is 14.4. The Morgan fingerprint density at radius 3 is 2.12 bits per heavy atom. The first-order valence-corrected chi connectivity index (χ1v) is 19.3. The normalized spacial score (nSPS) is 12.7. The highest BCUT2D eigenvalue weighted by Gasteiger charge is 2.31. The van der Waals surface area contributed by atoms with Gasteiger partial charge in [0.1, 0.15) is 23.9 Å². The van der Waals surface area contributed by atoms with Crippen molar-refractivity contribution in [3.05, 3.63) is 143 Å². The van der Waals surface area contributed by atoms with Crippen LogP contribution in [0.25, 0.3) is 21.7 Å². The minimum absolute atomic E-state index is 0.0509. The Morgan fingerprint density at radius 2 is 1.39 bits per heavy atom. The lowest BCUT2D eigenvalue weighted by Gasteiger charge is -2.26. The predicted molar refractivity (Wildman–Crippen MR) is 222 cm³/mol. The number of carbonyl (C=O) groups is 4. The number of benzene rings is 4. The summed E-state index contributed by atoms with van der Waals surface area (Å²) in [5.74, 6) is -1.91. The van der Waals surface area contributed by atoms with Gasteiger partial charge in [-0.05, 0) is 94.9 Å². The van der Waals surface area contributed by atoms with Gasteiger partial charge in [-0.2, -0.15) is 0 Å². The van der Waals surface area contributed by atoms with Gasteiger partial charge in [-0.1, -0.05) is 66.2 Å². The molecule has 2 aromatic heterocycles. The monoisotopic (exact) mass is 787 g/mol. The number of nitrogens with zero attached hydrogens (tertiary/aromatic N) is 1. The zero-order valence-electron chi connectivity index (χ0n) is 31.3. The number of hydrogen-bond acceptors (Lipinski definition) is 7. The lowest BCUT2D eigenvalue weighted by Crippen LogP contribution is -2.58. The van der Waals surface area contributed by atoms with Crippen LogP contribution in [-0.4, -0.2) is 69.9 Å². The number of rotatable bonds is 18. The fraction of sp³-hybridized carbons (Fsp3) is 0.250. The van der Waals surface area contributed by atoms with Crippen molar-refractivity contribution in [1.82, 2.24) is 31.2 Å². The molecular formula is C44H46ClN7O5. The van der Waals surface area contributed by atoms with Crippen molar-refractivity contribution in [2.24, 2.45) is 5.73 Å². The number of phenols is 1. The molecule has 0 aliphatic carbocycles. The second-order valence-electron chi connectivity index (χ2n) is 14.0. The minimum atomic E-state index is -1.16. The maximum atomic E-state index is 14.3. The summed E-state index contributed by atoms with van der Waals surface area (Å²) < 4.78 is 0. The van der Waals surface area contributed by atoms with Gasteiger partial charge in [-0.25, -0.2) is 0 Å². The molecular weight excluding hydrogens is 742 g/mol. The van der Waals surface area contributed by atoms with Gasteiger partial charge in [-0.3, -0.25) is 24.2 Å². The van der Waals surface area contributed by atoms with Gasteiger partial charge in [0.05, 0.1) is 0 Å². The molecule has 57 heavy (non-hydrogen) atoms. The lowest BCUT2D eigenvalue weighted by atomic mass is 10.0. The zero-order valence-corrected chi connectivity index (χ0v) is 32.1. The summed E-state index contributed by atoms with van der Waals surface area (Å²) in [6.07, 6.45) is 6.35. The van der Waals surface area contributed by atoms with E-state index in [1.165, 1.54) is 0 Å². The van der Waals surface area contributed by atoms with Gasteiger partial charge in [0.2, 0.25) is 23.6 Å². The molecule has 0 fully saturated rings. The highest BCUT2D eigenvalue weighted by molar-refractivity contribution is 6.30. The minimum Gasteiger partial charge on any atom is -0.508 e. The molecule has 4 aromatic carbocycles. The first-order chi connectivity index (χ1) is 27.7. The van der Waals surface area contributed by atoms with E-state index in [0.717, 1.165) is 27.4 Å². The number of amides is 4. The topological polar surface area (TPSA) is 191 Å². The Morgan fingerprint density at radius 1 is 0.719 bits per heavy atom. The van der Waals surface area contributed by atoms with Crippen molar-refractivity contribution in [2.45, 2.75) is 56.7 Å². The summed E-state index contributed by atoms with van der Waals surface area (Å²) in [5, 5.41) is 25.2. The van der Waals surface area contributed by atoms with Crippen LogP contribution in [-0.2, 0) is 44.9 Å². The summed E-state index contributed by atoms with van der Waals surface area (Å²) in [4.78, 5) is 62.7. The molecule has 0 bridgehead atoms. The number of aromatic amines is 1. The quantitative estimate of drug-likeness (QED) is 0.0659. The Labute approximate surface area is 335 Å². The Kier molecular flexibility index (Phi) is 13.9. The smallest absolute Gasteiger partial charge is 0.243 e. The van der Waals surface area contributed by atoms with Crippen LogP contribution in [0.4, 0.5) is 0 Å². The Bertz CT molecular complexity index is 2310. The van der Waals surface area contributed by atoms with E-state index in [2.05, 4.69) is 37.3 Å². The van der Waals surface area contributed by atoms with Crippen LogP contribution in [0.1, 0.15) is 35.1 Å². The Hall–Kier alpha value is -6.24. The molecule has 12 nitrogen and oxygen atoms in total. The van der Waals surface area contributed by atoms with Gasteiger partial charge in [0.25, 0.3) is 0 Å². The van der Waals surface area contributed by atoms with E-state index in [4.69, 9.17) is 17.3 Å². The predicted octanol–water partition coefficient (Wildman–Crippen LogP) is 4.66. The van der Waals surface area contributed by atoms with Crippen LogP contribution < -0.4 is 27.0 Å². The van der Waals surface area contributed by atoms with Crippen LogP contribution in [0.3, 0.4) is 0 Å². The molecule has 0 radical (unpaired) electrons. The number of carbonyl (C=O) groups excluding carboxylic acids is 4. The summed E-state index contributed by atoms with van der Waals surface area (Å²) in [7, 11) is 0. The van der Waals surface area contributed by atoms with Crippen LogP contribution in [0.5, 0.6) is 5.75 Å². The van der Waals surface area contributed by atoms with E-state index in [1.54, 1.807) is 73.2 Å². The third-order valence-electron chi connectivity index (χ3n) is 9.82. The summed E-state index contributed by atoms with van der Waals surface area (Å²) in [6.45, 7) is 0.629. The molecule has 0 aliphatic heterocycles. The van der Waals surface area contributed by atoms with Crippen molar-refractivity contribution >= 4 is 56.9 Å². The molecule has 13 heteroatoms. The van der Waals surface area contributed by atoms with Gasteiger partial charge in [-0.15, -0.1) is 0 Å². The summed E-state index contributed by atoms with van der Waals surface area (Å²) >= 11 is 6.17. The standard InChI is InChI=1S/C44H46ClN7O5/c45-33-12-10-28(11-13-33)23-39(52-44(57)40(50-41(54)9-4-19-46)25-32-27-49-37-15-14-34(53)26-36(32)37)43(56)51-38(24-29-16-20-47-21-17-29)42(55)48-22-18-31-7-3-6-30-5-1-2-8-35(30)31/h1-3,5-8,10-17,20-21,26-27,38-40,49,53H,4,9,18-19,22-25,46H2,(H,48,55)(H,50,54)(H,51,56)(H,52,57)/t38-,39-,40-/m0/s1. The number of fused-ring (bicyclic) bond motifs is 2. The molecule has 2 heterocycles. The molecule has 6 aromatic rings. The largest absolute Gasteiger partial charge is 0.508 e. The maximum absolute atomic E-state index is 14.3. The fourth-order valence-electron chi connectivity index (χ4n) is 6.82. The van der Waals surface area contributed by atoms with Crippen LogP contribution in [0.2, 0.25) is 5.02 Å². The molecule has 3 atom stereocenters. The molecule has 0 aliphatic rings. The molecule has 8 N–H and O–H groups in total. The van der Waals surface area contributed by atoms with Gasteiger partial charge >= 0.3 is 0 Å². The summed E-state index contributed by atoms with van der Waals surface area (Å²) in [6, 6.07) is 26.2. The average molecular weight is 788 g/mol. The third-order valence-corrected chi connectivity index (χ3v) is 10.1. The number of halogens is 1. The Balaban J connectivity index is 1.23. The van der Waals surface area contributed by atoms with Gasteiger partial charge < -0.3 is 37.1 Å². The van der Waals surface area contributed by atoms with Gasteiger partial charge in [0, 0.05) is 66.7 Å². The van der Waals surface area contributed by atoms with E-state index in [-0.39, 0.29) is 43.2 Å².